The van der Waals surface area contributed by atoms with E-state index in [9.17, 15) is 5.11 Å². The molecule has 0 spiro atoms. The number of fused-ring (bicyclic) bond motifs is 1. The molecule has 0 amide bonds. The van der Waals surface area contributed by atoms with Gasteiger partial charge < -0.3 is 14.6 Å². The predicted octanol–water partition coefficient (Wildman–Crippen LogP) is 5.08. The minimum absolute atomic E-state index is 0.0909. The lowest BCUT2D eigenvalue weighted by Gasteiger charge is -2.32. The third-order valence-corrected chi connectivity index (χ3v) is 6.21. The van der Waals surface area contributed by atoms with Crippen LogP contribution in [0.25, 0.3) is 11.3 Å². The Morgan fingerprint density at radius 1 is 1.08 bits per heavy atom. The van der Waals surface area contributed by atoms with Gasteiger partial charge in [0.15, 0.2) is 0 Å². The minimum atomic E-state index is 0.0909. The fourth-order valence-electron chi connectivity index (χ4n) is 4.02. The Hall–Kier alpha value is -1.58. The van der Waals surface area contributed by atoms with E-state index in [0.717, 1.165) is 42.8 Å². The number of rotatable bonds is 6. The Kier molecular flexibility index (Phi) is 5.08. The summed E-state index contributed by atoms with van der Waals surface area (Å²) in [5.74, 6) is 0.923. The summed E-state index contributed by atoms with van der Waals surface area (Å²) >= 11 is 0. The standard InChI is InChI=1S/C22H30O3/c1-6-22(4,5)19-13-25-20-18(12-24-21(19)20)11-14(2)16-7-9-17(10-8-16)15(3)23/h7-10,18-21,23H,2-3,6,11-13H2,1,4-5H3. The molecule has 3 nitrogen and oxygen atoms in total. The fraction of sp³-hybridized carbons (Fsp3) is 0.545. The number of allylic oxidation sites excluding steroid dienone is 1. The van der Waals surface area contributed by atoms with E-state index in [1.807, 2.05) is 24.3 Å². The van der Waals surface area contributed by atoms with Crippen molar-refractivity contribution in [1.82, 2.24) is 0 Å². The van der Waals surface area contributed by atoms with Crippen molar-refractivity contribution in [2.24, 2.45) is 17.3 Å². The zero-order chi connectivity index (χ0) is 18.2. The quantitative estimate of drug-likeness (QED) is 0.732. The van der Waals surface area contributed by atoms with Crippen LogP contribution in [0.2, 0.25) is 0 Å². The number of ether oxygens (including phenoxy) is 2. The molecule has 136 valence electrons. The van der Waals surface area contributed by atoms with Gasteiger partial charge in [-0.3, -0.25) is 0 Å². The Morgan fingerprint density at radius 2 is 1.68 bits per heavy atom. The highest BCUT2D eigenvalue weighted by Crippen LogP contribution is 2.46. The summed E-state index contributed by atoms with van der Waals surface area (Å²) in [6.07, 6.45) is 2.41. The van der Waals surface area contributed by atoms with Crippen LogP contribution < -0.4 is 0 Å². The first-order valence-electron chi connectivity index (χ1n) is 9.23. The molecule has 1 aromatic rings. The lowest BCUT2D eigenvalue weighted by molar-refractivity contribution is 0.0257. The van der Waals surface area contributed by atoms with E-state index in [-0.39, 0.29) is 23.4 Å². The largest absolute Gasteiger partial charge is 0.508 e. The summed E-state index contributed by atoms with van der Waals surface area (Å²) in [7, 11) is 0. The van der Waals surface area contributed by atoms with Gasteiger partial charge in [-0.2, -0.15) is 0 Å². The molecule has 0 radical (unpaired) electrons. The van der Waals surface area contributed by atoms with Crippen LogP contribution in [0.4, 0.5) is 0 Å². The summed E-state index contributed by atoms with van der Waals surface area (Å²) in [5, 5.41) is 9.45. The van der Waals surface area contributed by atoms with Crippen molar-refractivity contribution in [1.29, 1.82) is 0 Å². The molecule has 2 aliphatic heterocycles. The Morgan fingerprint density at radius 3 is 2.28 bits per heavy atom. The molecule has 0 saturated carbocycles. The van der Waals surface area contributed by atoms with Gasteiger partial charge in [-0.15, -0.1) is 0 Å². The van der Waals surface area contributed by atoms with Crippen molar-refractivity contribution in [3.8, 4) is 0 Å². The number of aliphatic hydroxyl groups is 1. The Labute approximate surface area is 151 Å². The summed E-state index contributed by atoms with van der Waals surface area (Å²) in [6.45, 7) is 16.2. The molecule has 3 heteroatoms. The maximum absolute atomic E-state index is 9.45. The maximum atomic E-state index is 9.45. The van der Waals surface area contributed by atoms with Gasteiger partial charge in [-0.05, 0) is 23.0 Å². The van der Waals surface area contributed by atoms with Crippen LogP contribution in [-0.2, 0) is 9.47 Å². The van der Waals surface area contributed by atoms with E-state index in [0.29, 0.717) is 11.8 Å². The van der Waals surface area contributed by atoms with E-state index in [2.05, 4.69) is 33.9 Å². The zero-order valence-corrected chi connectivity index (χ0v) is 15.6. The predicted molar refractivity (Wildman–Crippen MR) is 102 cm³/mol. The highest BCUT2D eigenvalue weighted by Gasteiger charge is 2.51. The monoisotopic (exact) mass is 342 g/mol. The third kappa shape index (κ3) is 3.54. The molecule has 2 aliphatic rings. The van der Waals surface area contributed by atoms with Gasteiger partial charge in [-0.25, -0.2) is 0 Å². The molecule has 2 heterocycles. The summed E-state index contributed by atoms with van der Waals surface area (Å²) in [5.41, 5.74) is 3.17. The van der Waals surface area contributed by atoms with Crippen molar-refractivity contribution in [2.75, 3.05) is 13.2 Å². The fourth-order valence-corrected chi connectivity index (χ4v) is 4.02. The zero-order valence-electron chi connectivity index (χ0n) is 15.6. The summed E-state index contributed by atoms with van der Waals surface area (Å²) < 4.78 is 12.3. The van der Waals surface area contributed by atoms with E-state index in [4.69, 9.17) is 9.47 Å². The van der Waals surface area contributed by atoms with Crippen LogP contribution >= 0.6 is 0 Å². The highest BCUT2D eigenvalue weighted by atomic mass is 16.6. The van der Waals surface area contributed by atoms with Crippen LogP contribution in [0, 0.1) is 17.3 Å². The molecular weight excluding hydrogens is 312 g/mol. The molecule has 1 aromatic carbocycles. The van der Waals surface area contributed by atoms with Gasteiger partial charge >= 0.3 is 0 Å². The number of aliphatic hydroxyl groups excluding tert-OH is 1. The molecule has 2 saturated heterocycles. The second-order valence-corrected chi connectivity index (χ2v) is 8.14. The lowest BCUT2D eigenvalue weighted by Crippen LogP contribution is -2.35. The molecule has 4 atom stereocenters. The highest BCUT2D eigenvalue weighted by molar-refractivity contribution is 5.66. The minimum Gasteiger partial charge on any atom is -0.508 e. The van der Waals surface area contributed by atoms with E-state index >= 15 is 0 Å². The molecule has 3 rings (SSSR count). The molecule has 0 aromatic heterocycles. The van der Waals surface area contributed by atoms with Crippen LogP contribution in [0.3, 0.4) is 0 Å². The number of hydrogen-bond acceptors (Lipinski definition) is 3. The maximum Gasteiger partial charge on any atom is 0.115 e. The first-order chi connectivity index (χ1) is 11.8. The van der Waals surface area contributed by atoms with Gasteiger partial charge in [0, 0.05) is 17.4 Å². The molecule has 2 fully saturated rings. The summed E-state index contributed by atoms with van der Waals surface area (Å²) in [6, 6.07) is 7.74. The normalized spacial score (nSPS) is 28.8. The lowest BCUT2D eigenvalue weighted by atomic mass is 9.73. The van der Waals surface area contributed by atoms with Gasteiger partial charge in [0.25, 0.3) is 0 Å². The van der Waals surface area contributed by atoms with Crippen molar-refractivity contribution >= 4 is 11.3 Å². The molecule has 0 aliphatic carbocycles. The summed E-state index contributed by atoms with van der Waals surface area (Å²) in [4.78, 5) is 0. The number of hydrogen-bond donors (Lipinski definition) is 1. The first kappa shape index (κ1) is 18.2. The molecule has 4 unspecified atom stereocenters. The van der Waals surface area contributed by atoms with E-state index < -0.39 is 0 Å². The Bertz CT molecular complexity index is 644. The van der Waals surface area contributed by atoms with E-state index in [1.165, 1.54) is 0 Å². The van der Waals surface area contributed by atoms with Gasteiger partial charge in [0.05, 0.1) is 25.4 Å². The number of benzene rings is 1. The molecule has 0 bridgehead atoms. The second kappa shape index (κ2) is 6.97. The molecular formula is C22H30O3. The molecule has 1 N–H and O–H groups in total. The topological polar surface area (TPSA) is 38.7 Å². The van der Waals surface area contributed by atoms with Crippen molar-refractivity contribution in [3.05, 3.63) is 48.6 Å². The van der Waals surface area contributed by atoms with Crippen LogP contribution in [-0.4, -0.2) is 30.5 Å². The van der Waals surface area contributed by atoms with E-state index in [1.54, 1.807) is 0 Å². The van der Waals surface area contributed by atoms with Crippen LogP contribution in [0.15, 0.2) is 37.4 Å². The van der Waals surface area contributed by atoms with Gasteiger partial charge in [0.2, 0.25) is 0 Å². The SMILES string of the molecule is C=C(O)c1ccc(C(=C)CC2COC3C2OCC3C(C)(C)CC)cc1. The van der Waals surface area contributed by atoms with Gasteiger partial charge in [-0.1, -0.05) is 64.6 Å². The second-order valence-electron chi connectivity index (χ2n) is 8.14. The average molecular weight is 342 g/mol. The van der Waals surface area contributed by atoms with Crippen molar-refractivity contribution in [2.45, 2.75) is 45.8 Å². The van der Waals surface area contributed by atoms with Crippen LogP contribution in [0.5, 0.6) is 0 Å². The van der Waals surface area contributed by atoms with Crippen molar-refractivity contribution < 1.29 is 14.6 Å². The van der Waals surface area contributed by atoms with Crippen LogP contribution in [0.1, 0.15) is 44.7 Å². The van der Waals surface area contributed by atoms with Crippen molar-refractivity contribution in [3.63, 3.8) is 0 Å². The Balaban J connectivity index is 1.65. The average Bonchev–Trinajstić information content (AvgIpc) is 3.18. The first-order valence-corrected chi connectivity index (χ1v) is 9.23. The smallest absolute Gasteiger partial charge is 0.115 e. The third-order valence-electron chi connectivity index (χ3n) is 6.21. The molecule has 25 heavy (non-hydrogen) atoms. The van der Waals surface area contributed by atoms with Gasteiger partial charge in [0.1, 0.15) is 5.76 Å².